The predicted molar refractivity (Wildman–Crippen MR) is 90.8 cm³/mol. The second kappa shape index (κ2) is 5.77. The highest BCUT2D eigenvalue weighted by atomic mass is 16.6. The molecule has 3 aliphatic rings. The first-order valence-electron chi connectivity index (χ1n) is 8.98. The maximum atomic E-state index is 11.7. The van der Waals surface area contributed by atoms with Gasteiger partial charge in [0.2, 0.25) is 0 Å². The van der Waals surface area contributed by atoms with Crippen molar-refractivity contribution < 1.29 is 14.6 Å². The molecular formula is C20H30O3. The Bertz CT molecular complexity index is 545. The Balaban J connectivity index is 1.86. The fourth-order valence-electron chi connectivity index (χ4n) is 5.64. The highest BCUT2D eigenvalue weighted by Gasteiger charge is 2.52. The number of aliphatic hydroxyl groups excluding tert-OH is 1. The Morgan fingerprint density at radius 2 is 2.09 bits per heavy atom. The van der Waals surface area contributed by atoms with Crippen LogP contribution in [0.3, 0.4) is 0 Å². The predicted octanol–water partition coefficient (Wildman–Crippen LogP) is 4.02. The molecule has 1 N–H and O–H groups in total. The number of carbonyl (C=O) groups excluding carboxylic acids is 1. The number of ether oxygens (including phenoxy) is 1. The summed E-state index contributed by atoms with van der Waals surface area (Å²) in [5.41, 5.74) is 2.39. The van der Waals surface area contributed by atoms with Gasteiger partial charge in [-0.1, -0.05) is 45.4 Å². The molecule has 0 radical (unpaired) electrons. The third-order valence-electron chi connectivity index (χ3n) is 6.86. The molecule has 3 heteroatoms. The number of allylic oxidation sites excluding steroid dienone is 2. The molecule has 3 rings (SSSR count). The van der Waals surface area contributed by atoms with Crippen LogP contribution < -0.4 is 0 Å². The highest BCUT2D eigenvalue weighted by Crippen LogP contribution is 2.61. The fraction of sp³-hybridized carbons (Fsp3) is 0.750. The first-order chi connectivity index (χ1) is 10.8. The van der Waals surface area contributed by atoms with E-state index in [9.17, 15) is 9.90 Å². The molecular weight excluding hydrogens is 288 g/mol. The summed E-state index contributed by atoms with van der Waals surface area (Å²) >= 11 is 0. The van der Waals surface area contributed by atoms with Crippen LogP contribution in [0.5, 0.6) is 0 Å². The quantitative estimate of drug-likeness (QED) is 0.475. The van der Waals surface area contributed by atoms with Crippen molar-refractivity contribution in [2.45, 2.75) is 65.4 Å². The summed E-state index contributed by atoms with van der Waals surface area (Å²) in [4.78, 5) is 11.7. The normalized spacial score (nSPS) is 41.7. The molecule has 3 nitrogen and oxygen atoms in total. The van der Waals surface area contributed by atoms with Crippen molar-refractivity contribution in [2.75, 3.05) is 6.61 Å². The lowest BCUT2D eigenvalue weighted by molar-refractivity contribution is -0.135. The van der Waals surface area contributed by atoms with Crippen molar-refractivity contribution in [1.29, 1.82) is 0 Å². The van der Waals surface area contributed by atoms with E-state index >= 15 is 0 Å². The number of carbonyl (C=O) groups is 1. The second-order valence-electron chi connectivity index (χ2n) is 8.66. The van der Waals surface area contributed by atoms with E-state index in [4.69, 9.17) is 4.74 Å². The summed E-state index contributed by atoms with van der Waals surface area (Å²) in [5, 5.41) is 9.90. The molecule has 0 aromatic rings. The van der Waals surface area contributed by atoms with Crippen LogP contribution >= 0.6 is 0 Å². The van der Waals surface area contributed by atoms with Crippen LogP contribution in [0.1, 0.15) is 59.3 Å². The van der Waals surface area contributed by atoms with E-state index in [0.29, 0.717) is 22.8 Å². The van der Waals surface area contributed by atoms with Gasteiger partial charge >= 0.3 is 5.97 Å². The van der Waals surface area contributed by atoms with Gasteiger partial charge in [0.25, 0.3) is 0 Å². The first kappa shape index (κ1) is 16.8. The lowest BCUT2D eigenvalue weighted by atomic mass is 9.47. The smallest absolute Gasteiger partial charge is 0.336 e. The SMILES string of the molecule is C=C1CC[C@H]2C(C)(C)CCC[C@]2(C)[C@@H]1C/C=C1/C(=O)OC[C@@H]1O. The molecule has 0 bridgehead atoms. The molecule has 4 atom stereocenters. The van der Waals surface area contributed by atoms with E-state index < -0.39 is 6.10 Å². The largest absolute Gasteiger partial charge is 0.459 e. The molecule has 0 spiro atoms. The van der Waals surface area contributed by atoms with Crippen molar-refractivity contribution in [3.63, 3.8) is 0 Å². The number of hydrogen-bond donors (Lipinski definition) is 1. The fourth-order valence-corrected chi connectivity index (χ4v) is 5.64. The maximum Gasteiger partial charge on any atom is 0.336 e. The molecule has 1 aliphatic heterocycles. The average molecular weight is 318 g/mol. The number of esters is 1. The third kappa shape index (κ3) is 2.77. The zero-order valence-electron chi connectivity index (χ0n) is 14.7. The Kier molecular flexibility index (Phi) is 4.20. The van der Waals surface area contributed by atoms with E-state index in [-0.39, 0.29) is 18.0 Å². The summed E-state index contributed by atoms with van der Waals surface area (Å²) < 4.78 is 4.93. The number of cyclic esters (lactones) is 1. The second-order valence-corrected chi connectivity index (χ2v) is 8.66. The van der Waals surface area contributed by atoms with Crippen LogP contribution in [-0.2, 0) is 9.53 Å². The summed E-state index contributed by atoms with van der Waals surface area (Å²) in [7, 11) is 0. The Morgan fingerprint density at radius 3 is 2.74 bits per heavy atom. The Morgan fingerprint density at radius 1 is 1.35 bits per heavy atom. The maximum absolute atomic E-state index is 11.7. The molecule has 2 aliphatic carbocycles. The molecule has 2 saturated carbocycles. The lowest BCUT2D eigenvalue weighted by Crippen LogP contribution is -2.49. The van der Waals surface area contributed by atoms with Crippen LogP contribution in [-0.4, -0.2) is 23.8 Å². The highest BCUT2D eigenvalue weighted by molar-refractivity contribution is 5.91. The van der Waals surface area contributed by atoms with Gasteiger partial charge in [0.1, 0.15) is 12.7 Å². The van der Waals surface area contributed by atoms with Crippen molar-refractivity contribution >= 4 is 5.97 Å². The van der Waals surface area contributed by atoms with Gasteiger partial charge in [-0.15, -0.1) is 0 Å². The minimum absolute atomic E-state index is 0.100. The minimum atomic E-state index is -0.759. The molecule has 1 saturated heterocycles. The lowest BCUT2D eigenvalue weighted by Gasteiger charge is -2.58. The zero-order chi connectivity index (χ0) is 16.8. The van der Waals surface area contributed by atoms with Crippen LogP contribution in [0, 0.1) is 22.7 Å². The number of hydrogen-bond acceptors (Lipinski definition) is 3. The topological polar surface area (TPSA) is 46.5 Å². The summed E-state index contributed by atoms with van der Waals surface area (Å²) in [6.45, 7) is 11.7. The molecule has 1 heterocycles. The van der Waals surface area contributed by atoms with Crippen molar-refractivity contribution in [1.82, 2.24) is 0 Å². The van der Waals surface area contributed by atoms with Gasteiger partial charge in [-0.2, -0.15) is 0 Å². The van der Waals surface area contributed by atoms with E-state index in [1.807, 2.05) is 6.08 Å². The van der Waals surface area contributed by atoms with Gasteiger partial charge < -0.3 is 9.84 Å². The zero-order valence-corrected chi connectivity index (χ0v) is 14.7. The molecule has 0 unspecified atom stereocenters. The van der Waals surface area contributed by atoms with Crippen LogP contribution in [0.25, 0.3) is 0 Å². The minimum Gasteiger partial charge on any atom is -0.459 e. The van der Waals surface area contributed by atoms with Crippen molar-refractivity contribution in [3.8, 4) is 0 Å². The third-order valence-corrected chi connectivity index (χ3v) is 6.86. The van der Waals surface area contributed by atoms with Crippen LogP contribution in [0.4, 0.5) is 0 Å². The number of rotatable bonds is 2. The number of aliphatic hydroxyl groups is 1. The van der Waals surface area contributed by atoms with Gasteiger partial charge in [-0.3, -0.25) is 0 Å². The summed E-state index contributed by atoms with van der Waals surface area (Å²) in [6.07, 6.45) is 8.09. The van der Waals surface area contributed by atoms with E-state index in [1.165, 1.54) is 31.3 Å². The van der Waals surface area contributed by atoms with E-state index in [2.05, 4.69) is 27.4 Å². The van der Waals surface area contributed by atoms with Gasteiger partial charge in [-0.05, 0) is 54.8 Å². The van der Waals surface area contributed by atoms with Gasteiger partial charge in [-0.25, -0.2) is 4.79 Å². The number of fused-ring (bicyclic) bond motifs is 1. The molecule has 3 fully saturated rings. The van der Waals surface area contributed by atoms with E-state index in [1.54, 1.807) is 0 Å². The van der Waals surface area contributed by atoms with Crippen LogP contribution in [0.15, 0.2) is 23.8 Å². The average Bonchev–Trinajstić information content (AvgIpc) is 2.77. The molecule has 0 amide bonds. The van der Waals surface area contributed by atoms with Gasteiger partial charge in [0, 0.05) is 0 Å². The molecule has 0 aromatic carbocycles. The summed E-state index contributed by atoms with van der Waals surface area (Å²) in [6, 6.07) is 0. The molecule has 23 heavy (non-hydrogen) atoms. The van der Waals surface area contributed by atoms with E-state index in [0.717, 1.165) is 12.8 Å². The van der Waals surface area contributed by atoms with Crippen molar-refractivity contribution in [3.05, 3.63) is 23.8 Å². The van der Waals surface area contributed by atoms with Gasteiger partial charge in [0.15, 0.2) is 0 Å². The molecule has 0 aromatic heterocycles. The monoisotopic (exact) mass is 318 g/mol. The van der Waals surface area contributed by atoms with Crippen molar-refractivity contribution in [2.24, 2.45) is 22.7 Å². The van der Waals surface area contributed by atoms with Gasteiger partial charge in [0.05, 0.1) is 5.57 Å². The molecule has 128 valence electrons. The first-order valence-corrected chi connectivity index (χ1v) is 8.98. The Hall–Kier alpha value is -1.09. The Labute approximate surface area is 139 Å². The van der Waals surface area contributed by atoms with Crippen LogP contribution in [0.2, 0.25) is 0 Å². The summed E-state index contributed by atoms with van der Waals surface area (Å²) in [5.74, 6) is 0.747. The standard InChI is InChI=1S/C20H30O3/c1-13-6-9-17-19(2,3)10-5-11-20(17,4)15(13)8-7-14-16(21)12-23-18(14)22/h7,15-17,21H,1,5-6,8-12H2,2-4H3/b14-7+/t15-,16+,17+,20-/m1/s1.